The van der Waals surface area contributed by atoms with Gasteiger partial charge in [0.2, 0.25) is 0 Å². The van der Waals surface area contributed by atoms with Gasteiger partial charge in [-0.25, -0.2) is 8.78 Å². The van der Waals surface area contributed by atoms with Crippen molar-refractivity contribution in [1.29, 1.82) is 0 Å². The van der Waals surface area contributed by atoms with Gasteiger partial charge in [0, 0.05) is 18.9 Å². The van der Waals surface area contributed by atoms with Crippen LogP contribution in [0.1, 0.15) is 57.8 Å². The lowest BCUT2D eigenvalue weighted by Crippen LogP contribution is -2.45. The molecular weight excluding hydrogens is 312 g/mol. The van der Waals surface area contributed by atoms with Gasteiger partial charge in [-0.2, -0.15) is 0 Å². The maximum atomic E-state index is 14.5. The Kier molecular flexibility index (Phi) is 6.62. The molecule has 5 heteroatoms. The number of hydrogen-bond donors (Lipinski definition) is 0. The first-order valence-corrected chi connectivity index (χ1v) is 9.81. The number of carbonyl (C=O) groups is 1. The second kappa shape index (κ2) is 8.70. The Morgan fingerprint density at radius 3 is 2.38 bits per heavy atom. The van der Waals surface area contributed by atoms with E-state index in [0.29, 0.717) is 6.61 Å². The molecule has 24 heavy (non-hydrogen) atoms. The lowest BCUT2D eigenvalue weighted by molar-refractivity contribution is -0.136. The van der Waals surface area contributed by atoms with Gasteiger partial charge in [-0.15, -0.1) is 0 Å². The number of carbonyl (C=O) groups excluding carboxylic acids is 1. The molecule has 2 saturated carbocycles. The van der Waals surface area contributed by atoms with Gasteiger partial charge in [-0.1, -0.05) is 19.3 Å². The molecule has 1 saturated heterocycles. The largest absolute Gasteiger partial charge is 0.374 e. The fraction of sp³-hybridized carbons (Fsp3) is 0.947. The third-order valence-corrected chi connectivity index (χ3v) is 6.09. The first-order chi connectivity index (χ1) is 11.6. The summed E-state index contributed by atoms with van der Waals surface area (Å²) in [5, 5.41) is 0. The van der Waals surface area contributed by atoms with Crippen molar-refractivity contribution >= 4 is 5.78 Å². The number of ketones is 1. The highest BCUT2D eigenvalue weighted by Crippen LogP contribution is 2.36. The van der Waals surface area contributed by atoms with Gasteiger partial charge >= 0.3 is 0 Å². The zero-order valence-electron chi connectivity index (χ0n) is 14.6. The Morgan fingerprint density at radius 2 is 1.67 bits per heavy atom. The number of ether oxygens (including phenoxy) is 1. The van der Waals surface area contributed by atoms with E-state index in [1.165, 1.54) is 12.8 Å². The summed E-state index contributed by atoms with van der Waals surface area (Å²) in [6.07, 6.45) is 4.28. The Morgan fingerprint density at radius 1 is 0.958 bits per heavy atom. The molecule has 0 N–H and O–H groups in total. The third kappa shape index (κ3) is 4.54. The molecule has 2 aliphatic carbocycles. The zero-order chi connectivity index (χ0) is 16.9. The van der Waals surface area contributed by atoms with Crippen LogP contribution >= 0.6 is 0 Å². The first-order valence-electron chi connectivity index (χ1n) is 9.81. The molecule has 0 aromatic rings. The summed E-state index contributed by atoms with van der Waals surface area (Å²) in [5.41, 5.74) is 0. The van der Waals surface area contributed by atoms with Crippen LogP contribution in [0, 0.1) is 11.8 Å². The van der Waals surface area contributed by atoms with Crippen LogP contribution in [-0.2, 0) is 9.53 Å². The van der Waals surface area contributed by atoms with Gasteiger partial charge in [0.05, 0.1) is 18.6 Å². The van der Waals surface area contributed by atoms with Crippen LogP contribution in [0.5, 0.6) is 0 Å². The van der Waals surface area contributed by atoms with Crippen LogP contribution in [0.4, 0.5) is 8.78 Å². The molecule has 3 nitrogen and oxygen atoms in total. The molecule has 4 unspecified atom stereocenters. The Bertz CT molecular complexity index is 408. The standard InChI is InChI=1S/C19H31F2NO2/c20-16-13-18(24-11-10-22-8-4-5-9-22)17(21)12-15(16)19(23)14-6-2-1-3-7-14/h14-18H,1-13H2. The number of likely N-dealkylation sites (tertiary alicyclic amines) is 1. The third-order valence-electron chi connectivity index (χ3n) is 6.09. The molecule has 0 spiro atoms. The van der Waals surface area contributed by atoms with Crippen molar-refractivity contribution < 1.29 is 18.3 Å². The Labute approximate surface area is 144 Å². The van der Waals surface area contributed by atoms with Crippen molar-refractivity contribution in [2.24, 2.45) is 11.8 Å². The Balaban J connectivity index is 1.45. The molecule has 3 aliphatic rings. The molecule has 0 aromatic carbocycles. The van der Waals surface area contributed by atoms with E-state index >= 15 is 0 Å². The number of Topliss-reactive ketones (excluding diaryl/α,β-unsaturated/α-hetero) is 1. The maximum absolute atomic E-state index is 14.5. The fourth-order valence-corrected chi connectivity index (χ4v) is 4.57. The summed E-state index contributed by atoms with van der Waals surface area (Å²) >= 11 is 0. The monoisotopic (exact) mass is 343 g/mol. The number of nitrogens with zero attached hydrogens (tertiary/aromatic N) is 1. The highest BCUT2D eigenvalue weighted by Gasteiger charge is 2.43. The SMILES string of the molecule is O=C(C1CCCCC1)C1CC(F)C(OCCN2CCCC2)CC1F. The predicted molar refractivity (Wildman–Crippen MR) is 89.5 cm³/mol. The van der Waals surface area contributed by atoms with E-state index in [0.717, 1.165) is 51.7 Å². The van der Waals surface area contributed by atoms with Crippen LogP contribution in [0.3, 0.4) is 0 Å². The molecule has 0 radical (unpaired) electrons. The number of hydrogen-bond acceptors (Lipinski definition) is 3. The highest BCUT2D eigenvalue weighted by atomic mass is 19.1. The lowest BCUT2D eigenvalue weighted by atomic mass is 9.74. The maximum Gasteiger partial charge on any atom is 0.142 e. The molecule has 0 amide bonds. The molecule has 1 aliphatic heterocycles. The molecule has 4 atom stereocenters. The normalized spacial score (nSPS) is 36.1. The lowest BCUT2D eigenvalue weighted by Gasteiger charge is -2.36. The fourth-order valence-electron chi connectivity index (χ4n) is 4.57. The summed E-state index contributed by atoms with van der Waals surface area (Å²) in [6.45, 7) is 3.41. The van der Waals surface area contributed by atoms with Gasteiger partial charge in [0.25, 0.3) is 0 Å². The summed E-state index contributed by atoms with van der Waals surface area (Å²) in [7, 11) is 0. The van der Waals surface area contributed by atoms with Crippen LogP contribution < -0.4 is 0 Å². The van der Waals surface area contributed by atoms with Gasteiger partial charge in [0.1, 0.15) is 18.1 Å². The van der Waals surface area contributed by atoms with Crippen LogP contribution in [0.2, 0.25) is 0 Å². The van der Waals surface area contributed by atoms with Crippen LogP contribution in [-0.4, -0.2) is 55.4 Å². The van der Waals surface area contributed by atoms with E-state index in [-0.39, 0.29) is 24.5 Å². The molecule has 0 bridgehead atoms. The van der Waals surface area contributed by atoms with Gasteiger partial charge < -0.3 is 9.64 Å². The second-order valence-electron chi connectivity index (χ2n) is 7.81. The van der Waals surface area contributed by atoms with Crippen molar-refractivity contribution in [3.63, 3.8) is 0 Å². The summed E-state index contributed by atoms with van der Waals surface area (Å²) in [5.74, 6) is -0.816. The van der Waals surface area contributed by atoms with E-state index in [1.807, 2.05) is 0 Å². The number of halogens is 2. The van der Waals surface area contributed by atoms with E-state index in [1.54, 1.807) is 0 Å². The van der Waals surface area contributed by atoms with Crippen molar-refractivity contribution in [1.82, 2.24) is 4.90 Å². The summed E-state index contributed by atoms with van der Waals surface area (Å²) < 4.78 is 34.6. The predicted octanol–water partition coefficient (Wildman–Crippen LogP) is 3.70. The molecular formula is C19H31F2NO2. The zero-order valence-corrected chi connectivity index (χ0v) is 14.6. The summed E-state index contributed by atoms with van der Waals surface area (Å²) in [4.78, 5) is 14.9. The van der Waals surface area contributed by atoms with E-state index < -0.39 is 24.4 Å². The average Bonchev–Trinajstić information content (AvgIpc) is 3.11. The van der Waals surface area contributed by atoms with Gasteiger partial charge in [-0.3, -0.25) is 4.79 Å². The van der Waals surface area contributed by atoms with Crippen molar-refractivity contribution in [2.45, 2.75) is 76.2 Å². The molecule has 0 aromatic heterocycles. The first kappa shape index (κ1) is 18.2. The molecule has 138 valence electrons. The number of rotatable bonds is 6. The quantitative estimate of drug-likeness (QED) is 0.736. The van der Waals surface area contributed by atoms with Gasteiger partial charge in [0.15, 0.2) is 0 Å². The number of alkyl halides is 2. The van der Waals surface area contributed by atoms with Crippen molar-refractivity contribution in [2.75, 3.05) is 26.2 Å². The smallest absolute Gasteiger partial charge is 0.142 e. The molecule has 1 heterocycles. The second-order valence-corrected chi connectivity index (χ2v) is 7.81. The minimum absolute atomic E-state index is 0.00484. The van der Waals surface area contributed by atoms with Crippen LogP contribution in [0.15, 0.2) is 0 Å². The van der Waals surface area contributed by atoms with Gasteiger partial charge in [-0.05, 0) is 45.2 Å². The molecule has 3 rings (SSSR count). The highest BCUT2D eigenvalue weighted by molar-refractivity contribution is 5.84. The summed E-state index contributed by atoms with van der Waals surface area (Å²) in [6, 6.07) is 0. The average molecular weight is 343 g/mol. The molecule has 3 fully saturated rings. The van der Waals surface area contributed by atoms with Crippen molar-refractivity contribution in [3.8, 4) is 0 Å². The minimum Gasteiger partial charge on any atom is -0.374 e. The van der Waals surface area contributed by atoms with E-state index in [2.05, 4.69) is 4.90 Å². The van der Waals surface area contributed by atoms with E-state index in [9.17, 15) is 13.6 Å². The van der Waals surface area contributed by atoms with E-state index in [4.69, 9.17) is 4.74 Å². The van der Waals surface area contributed by atoms with Crippen molar-refractivity contribution in [3.05, 3.63) is 0 Å². The van der Waals surface area contributed by atoms with Crippen LogP contribution in [0.25, 0.3) is 0 Å². The Hall–Kier alpha value is -0.550. The topological polar surface area (TPSA) is 29.5 Å². The minimum atomic E-state index is -1.25.